The van der Waals surface area contributed by atoms with Gasteiger partial charge in [-0.15, -0.1) is 0 Å². The molecule has 1 heterocycles. The van der Waals surface area contributed by atoms with Crippen LogP contribution in [0, 0.1) is 17.8 Å². The van der Waals surface area contributed by atoms with Crippen LogP contribution in [0.2, 0.25) is 0 Å². The lowest BCUT2D eigenvalue weighted by molar-refractivity contribution is -0.151. The topological polar surface area (TPSA) is 77.8 Å². The zero-order valence-corrected chi connectivity index (χ0v) is 13.5. The second-order valence-electron chi connectivity index (χ2n) is 7.18. The van der Waals surface area contributed by atoms with Gasteiger partial charge in [-0.1, -0.05) is 36.4 Å². The van der Waals surface area contributed by atoms with Crippen LogP contribution in [0.4, 0.5) is 0 Å². The first-order valence-corrected chi connectivity index (χ1v) is 8.06. The Morgan fingerprint density at radius 3 is 2.29 bits per heavy atom. The maximum Gasteiger partial charge on any atom is 0.312 e. The van der Waals surface area contributed by atoms with Gasteiger partial charge in [0.05, 0.1) is 10.8 Å². The predicted molar refractivity (Wildman–Crippen MR) is 88.7 cm³/mol. The molecule has 0 spiro atoms. The van der Waals surface area contributed by atoms with Crippen LogP contribution in [0.25, 0.3) is 10.8 Å². The van der Waals surface area contributed by atoms with Crippen LogP contribution in [0.3, 0.4) is 0 Å². The van der Waals surface area contributed by atoms with Crippen LogP contribution in [0.1, 0.15) is 17.5 Å². The molecule has 2 atom stereocenters. The highest BCUT2D eigenvalue weighted by molar-refractivity contribution is 5.94. The van der Waals surface area contributed by atoms with Gasteiger partial charge in [0.15, 0.2) is 0 Å². The van der Waals surface area contributed by atoms with Gasteiger partial charge in [0.1, 0.15) is 0 Å². The van der Waals surface area contributed by atoms with Crippen molar-refractivity contribution in [2.24, 2.45) is 10.8 Å². The smallest absolute Gasteiger partial charge is 0.312 e. The number of hydrogen-bond acceptors (Lipinski definition) is 3. The van der Waals surface area contributed by atoms with Crippen molar-refractivity contribution in [2.75, 3.05) is 13.1 Å². The Labute approximate surface area is 139 Å². The highest BCUT2D eigenvalue weighted by Crippen LogP contribution is 2.68. The number of benzene rings is 2. The molecule has 24 heavy (non-hydrogen) atoms. The first-order valence-electron chi connectivity index (χ1n) is 8.06. The molecular formula is C19H19NO4. The van der Waals surface area contributed by atoms with E-state index in [1.165, 1.54) is 0 Å². The standard InChI is InChI=1S/C19H19NO4/c1-12-6-7-13-4-2-3-5-14(13)15(12)8-20-10-18(16(21)22)9-19(18,11-20)17(23)24/h2-7H,8-11H2,1H3,(H,21,22)(H,23,24)/t18-,19+. The van der Waals surface area contributed by atoms with Gasteiger partial charge in [0, 0.05) is 19.6 Å². The van der Waals surface area contributed by atoms with Gasteiger partial charge in [0.2, 0.25) is 0 Å². The minimum Gasteiger partial charge on any atom is -0.481 e. The van der Waals surface area contributed by atoms with Crippen molar-refractivity contribution >= 4 is 22.7 Å². The van der Waals surface area contributed by atoms with Gasteiger partial charge in [-0.2, -0.15) is 0 Å². The molecule has 2 fully saturated rings. The number of rotatable bonds is 4. The van der Waals surface area contributed by atoms with E-state index in [4.69, 9.17) is 0 Å². The van der Waals surface area contributed by atoms with Gasteiger partial charge < -0.3 is 10.2 Å². The van der Waals surface area contributed by atoms with Crippen molar-refractivity contribution in [3.63, 3.8) is 0 Å². The monoisotopic (exact) mass is 325 g/mol. The molecule has 0 amide bonds. The average molecular weight is 325 g/mol. The van der Waals surface area contributed by atoms with Crippen LogP contribution in [-0.2, 0) is 16.1 Å². The fourth-order valence-electron chi connectivity index (χ4n) is 4.39. The quantitative estimate of drug-likeness (QED) is 0.903. The summed E-state index contributed by atoms with van der Waals surface area (Å²) in [6, 6.07) is 12.2. The largest absolute Gasteiger partial charge is 0.481 e. The molecule has 124 valence electrons. The van der Waals surface area contributed by atoms with E-state index in [1.807, 2.05) is 24.0 Å². The number of aliphatic carboxylic acids is 2. The molecule has 1 aliphatic heterocycles. The summed E-state index contributed by atoms with van der Waals surface area (Å²) in [4.78, 5) is 25.3. The molecular weight excluding hydrogens is 306 g/mol. The normalized spacial score (nSPS) is 28.7. The van der Waals surface area contributed by atoms with Gasteiger partial charge in [-0.3, -0.25) is 14.5 Å². The van der Waals surface area contributed by atoms with Crippen molar-refractivity contribution in [2.45, 2.75) is 19.9 Å². The lowest BCUT2D eigenvalue weighted by Crippen LogP contribution is -2.28. The van der Waals surface area contributed by atoms with Crippen molar-refractivity contribution in [3.8, 4) is 0 Å². The highest BCUT2D eigenvalue weighted by atomic mass is 16.4. The fourth-order valence-corrected chi connectivity index (χ4v) is 4.39. The summed E-state index contributed by atoms with van der Waals surface area (Å²) in [6.45, 7) is 3.23. The van der Waals surface area contributed by atoms with E-state index in [0.717, 1.165) is 21.9 Å². The molecule has 1 saturated carbocycles. The SMILES string of the molecule is Cc1ccc2ccccc2c1CN1C[C@@]2(C(=O)O)C[C@@]2(C(=O)O)C1. The van der Waals surface area contributed by atoms with Crippen molar-refractivity contribution in [1.82, 2.24) is 4.90 Å². The molecule has 0 aromatic heterocycles. The summed E-state index contributed by atoms with van der Waals surface area (Å²) >= 11 is 0. The lowest BCUT2D eigenvalue weighted by Gasteiger charge is -2.22. The van der Waals surface area contributed by atoms with E-state index < -0.39 is 22.8 Å². The summed E-state index contributed by atoms with van der Waals surface area (Å²) in [5.41, 5.74) is 0.0627. The Bertz CT molecular complexity index is 849. The van der Waals surface area contributed by atoms with Crippen molar-refractivity contribution < 1.29 is 19.8 Å². The second kappa shape index (κ2) is 4.80. The van der Waals surface area contributed by atoms with E-state index in [9.17, 15) is 19.8 Å². The molecule has 0 bridgehead atoms. The minimum atomic E-state index is -1.11. The van der Waals surface area contributed by atoms with E-state index >= 15 is 0 Å². The molecule has 4 rings (SSSR count). The zero-order chi connectivity index (χ0) is 17.1. The van der Waals surface area contributed by atoms with Gasteiger partial charge in [-0.05, 0) is 35.2 Å². The van der Waals surface area contributed by atoms with Crippen LogP contribution < -0.4 is 0 Å². The average Bonchev–Trinajstić information content (AvgIpc) is 3.10. The van der Waals surface area contributed by atoms with Crippen LogP contribution in [-0.4, -0.2) is 40.1 Å². The Morgan fingerprint density at radius 1 is 1.04 bits per heavy atom. The number of carbonyl (C=O) groups is 2. The number of piperidine rings is 1. The van der Waals surface area contributed by atoms with Crippen LogP contribution in [0.5, 0.6) is 0 Å². The van der Waals surface area contributed by atoms with E-state index in [-0.39, 0.29) is 6.42 Å². The molecule has 5 heteroatoms. The van der Waals surface area contributed by atoms with Gasteiger partial charge >= 0.3 is 11.9 Å². The number of nitrogens with zero attached hydrogens (tertiary/aromatic N) is 1. The van der Waals surface area contributed by atoms with Crippen LogP contribution in [0.15, 0.2) is 36.4 Å². The zero-order valence-electron chi connectivity index (χ0n) is 13.5. The maximum atomic E-state index is 11.7. The molecule has 2 aromatic rings. The predicted octanol–water partition coefficient (Wildman–Crippen LogP) is 2.51. The molecule has 2 aliphatic rings. The number of fused-ring (bicyclic) bond motifs is 2. The third-order valence-corrected chi connectivity index (χ3v) is 5.86. The number of carboxylic acid groups (broad SMARTS) is 2. The summed E-state index contributed by atoms with van der Waals surface area (Å²) < 4.78 is 0. The summed E-state index contributed by atoms with van der Waals surface area (Å²) in [6.07, 6.45) is 0.246. The Morgan fingerprint density at radius 2 is 1.67 bits per heavy atom. The number of aryl methyl sites for hydroxylation is 1. The van der Waals surface area contributed by atoms with Gasteiger partial charge in [-0.25, -0.2) is 0 Å². The van der Waals surface area contributed by atoms with Crippen molar-refractivity contribution in [3.05, 3.63) is 47.5 Å². The third-order valence-electron chi connectivity index (χ3n) is 5.86. The number of hydrogen-bond donors (Lipinski definition) is 2. The highest BCUT2D eigenvalue weighted by Gasteiger charge is 2.80. The molecule has 2 aromatic carbocycles. The Balaban J connectivity index is 1.68. The molecule has 0 unspecified atom stereocenters. The Kier molecular flexibility index (Phi) is 3.03. The van der Waals surface area contributed by atoms with Gasteiger partial charge in [0.25, 0.3) is 0 Å². The lowest BCUT2D eigenvalue weighted by atomic mass is 9.97. The molecule has 2 N–H and O–H groups in total. The van der Waals surface area contributed by atoms with E-state index in [1.54, 1.807) is 0 Å². The first kappa shape index (κ1) is 15.1. The fraction of sp³-hybridized carbons (Fsp3) is 0.368. The van der Waals surface area contributed by atoms with Crippen LogP contribution >= 0.6 is 0 Å². The van der Waals surface area contributed by atoms with E-state index in [0.29, 0.717) is 19.6 Å². The molecule has 1 saturated heterocycles. The number of carboxylic acids is 2. The minimum absolute atomic E-state index is 0.246. The summed E-state index contributed by atoms with van der Waals surface area (Å²) in [5, 5.41) is 21.4. The molecule has 1 aliphatic carbocycles. The Hall–Kier alpha value is -2.40. The molecule has 0 radical (unpaired) electrons. The summed E-state index contributed by atoms with van der Waals surface area (Å²) in [7, 11) is 0. The summed E-state index contributed by atoms with van der Waals surface area (Å²) in [5.74, 6) is -1.97. The van der Waals surface area contributed by atoms with Crippen molar-refractivity contribution in [1.29, 1.82) is 0 Å². The number of likely N-dealkylation sites (tertiary alicyclic amines) is 1. The second-order valence-corrected chi connectivity index (χ2v) is 7.18. The van der Waals surface area contributed by atoms with E-state index in [2.05, 4.69) is 24.3 Å². The third kappa shape index (κ3) is 1.85. The molecule has 5 nitrogen and oxygen atoms in total. The maximum absolute atomic E-state index is 11.7. The first-order chi connectivity index (χ1) is 11.4.